The van der Waals surface area contributed by atoms with E-state index >= 15 is 0 Å². The van der Waals surface area contributed by atoms with Crippen molar-refractivity contribution < 1.29 is 9.13 Å². The number of ether oxygens (including phenoxy) is 1. The number of rotatable bonds is 4. The topological polar surface area (TPSA) is 39.9 Å². The van der Waals surface area contributed by atoms with E-state index in [0.29, 0.717) is 0 Å². The quantitative estimate of drug-likeness (QED) is 0.859. The average Bonchev–Trinajstić information content (AvgIpc) is 2.80. The Morgan fingerprint density at radius 3 is 2.90 bits per heavy atom. The van der Waals surface area contributed by atoms with Crippen molar-refractivity contribution in [2.75, 3.05) is 6.86 Å². The number of aryl methyl sites for hydroxylation is 1. The summed E-state index contributed by atoms with van der Waals surface area (Å²) in [6, 6.07) is 8.15. The highest BCUT2D eigenvalue weighted by molar-refractivity contribution is 9.10. The first-order valence-corrected chi connectivity index (χ1v) is 7.23. The van der Waals surface area contributed by atoms with Gasteiger partial charge >= 0.3 is 0 Å². The number of hydrogen-bond donors (Lipinski definition) is 0. The lowest BCUT2D eigenvalue weighted by atomic mass is 9.62. The zero-order valence-corrected chi connectivity index (χ0v) is 12.7. The average molecular weight is 340 g/mol. The van der Waals surface area contributed by atoms with Crippen LogP contribution in [0.4, 0.5) is 4.39 Å². The van der Waals surface area contributed by atoms with Crippen molar-refractivity contribution in [3.8, 4) is 0 Å². The summed E-state index contributed by atoms with van der Waals surface area (Å²) in [6.07, 6.45) is 3.08. The standard InChI is InChI=1S/C14H15BrFN3O/c1-19-9-17-18-13(19)14(6-12(7-14)20-8-16)10-3-2-4-11(15)5-10/h2-5,9,12H,6-8H2,1H3/t12-,14+. The normalized spacial score (nSPS) is 25.4. The molecule has 20 heavy (non-hydrogen) atoms. The molecule has 2 aromatic rings. The lowest BCUT2D eigenvalue weighted by molar-refractivity contribution is -0.0723. The summed E-state index contributed by atoms with van der Waals surface area (Å²) in [5.41, 5.74) is 0.913. The van der Waals surface area contributed by atoms with Crippen LogP contribution in [0.1, 0.15) is 24.2 Å². The number of alkyl halides is 1. The zero-order valence-electron chi connectivity index (χ0n) is 11.1. The maximum Gasteiger partial charge on any atom is 0.188 e. The predicted octanol–water partition coefficient (Wildman–Crippen LogP) is 2.97. The Morgan fingerprint density at radius 2 is 2.30 bits per heavy atom. The molecular formula is C14H15BrFN3O. The fraction of sp³-hybridized carbons (Fsp3) is 0.429. The number of halogens is 2. The van der Waals surface area contributed by atoms with Gasteiger partial charge in [0.25, 0.3) is 0 Å². The van der Waals surface area contributed by atoms with Gasteiger partial charge in [0.05, 0.1) is 11.5 Å². The molecule has 1 heterocycles. The van der Waals surface area contributed by atoms with Crippen molar-refractivity contribution in [2.45, 2.75) is 24.4 Å². The monoisotopic (exact) mass is 339 g/mol. The smallest absolute Gasteiger partial charge is 0.188 e. The largest absolute Gasteiger partial charge is 0.347 e. The molecule has 1 aliphatic carbocycles. The van der Waals surface area contributed by atoms with Crippen molar-refractivity contribution in [1.82, 2.24) is 14.8 Å². The Morgan fingerprint density at radius 1 is 1.50 bits per heavy atom. The van der Waals surface area contributed by atoms with Crippen LogP contribution in [0.25, 0.3) is 0 Å². The number of hydrogen-bond acceptors (Lipinski definition) is 3. The second-order valence-corrected chi connectivity index (χ2v) is 6.08. The lowest BCUT2D eigenvalue weighted by Gasteiger charge is -2.46. The third-order valence-corrected chi connectivity index (χ3v) is 4.46. The van der Waals surface area contributed by atoms with Crippen LogP contribution in [0.2, 0.25) is 0 Å². The maximum atomic E-state index is 12.3. The lowest BCUT2D eigenvalue weighted by Crippen LogP contribution is -2.48. The molecule has 1 aliphatic rings. The molecule has 1 aromatic carbocycles. The molecule has 106 valence electrons. The molecule has 0 N–H and O–H groups in total. The van der Waals surface area contributed by atoms with Gasteiger partial charge in [-0.05, 0) is 30.5 Å². The number of benzene rings is 1. The third-order valence-electron chi connectivity index (χ3n) is 3.97. The minimum Gasteiger partial charge on any atom is -0.347 e. The van der Waals surface area contributed by atoms with Crippen LogP contribution in [0.15, 0.2) is 35.1 Å². The van der Waals surface area contributed by atoms with Crippen LogP contribution >= 0.6 is 15.9 Å². The minimum absolute atomic E-state index is 0.0596. The van der Waals surface area contributed by atoms with E-state index in [1.54, 1.807) is 6.33 Å². The molecule has 1 saturated carbocycles. The molecule has 6 heteroatoms. The van der Waals surface area contributed by atoms with Crippen LogP contribution in [-0.2, 0) is 17.2 Å². The van der Waals surface area contributed by atoms with E-state index < -0.39 is 6.86 Å². The summed E-state index contributed by atoms with van der Waals surface area (Å²) in [6.45, 7) is -0.738. The van der Waals surface area contributed by atoms with Gasteiger partial charge in [-0.15, -0.1) is 10.2 Å². The summed E-state index contributed by atoms with van der Waals surface area (Å²) in [5, 5.41) is 8.23. The maximum absolute atomic E-state index is 12.3. The Balaban J connectivity index is 2.00. The molecule has 4 nitrogen and oxygen atoms in total. The second-order valence-electron chi connectivity index (χ2n) is 5.16. The minimum atomic E-state index is -0.738. The Bertz CT molecular complexity index is 610. The van der Waals surface area contributed by atoms with Gasteiger partial charge in [-0.3, -0.25) is 0 Å². The van der Waals surface area contributed by atoms with E-state index in [1.807, 2.05) is 23.7 Å². The van der Waals surface area contributed by atoms with Crippen molar-refractivity contribution in [1.29, 1.82) is 0 Å². The number of nitrogens with zero attached hydrogens (tertiary/aromatic N) is 3. The SMILES string of the molecule is Cn1cnnc1[C@]1(c2cccc(Br)c2)C[C@H](OCF)C1. The van der Waals surface area contributed by atoms with Crippen molar-refractivity contribution in [2.24, 2.45) is 7.05 Å². The van der Waals surface area contributed by atoms with Crippen molar-refractivity contribution in [3.05, 3.63) is 46.5 Å². The van der Waals surface area contributed by atoms with Crippen LogP contribution < -0.4 is 0 Å². The van der Waals surface area contributed by atoms with E-state index in [1.165, 1.54) is 0 Å². The predicted molar refractivity (Wildman–Crippen MR) is 76.0 cm³/mol. The zero-order chi connectivity index (χ0) is 14.2. The first kappa shape index (κ1) is 13.7. The Kier molecular flexibility index (Phi) is 3.60. The second kappa shape index (κ2) is 5.26. The van der Waals surface area contributed by atoms with Gasteiger partial charge < -0.3 is 9.30 Å². The fourth-order valence-electron chi connectivity index (χ4n) is 2.97. The molecule has 0 amide bonds. The van der Waals surface area contributed by atoms with Crippen molar-refractivity contribution >= 4 is 15.9 Å². The molecular weight excluding hydrogens is 325 g/mol. The van der Waals surface area contributed by atoms with Gasteiger partial charge in [0, 0.05) is 11.5 Å². The van der Waals surface area contributed by atoms with Gasteiger partial charge in [-0.25, -0.2) is 4.39 Å². The molecule has 0 saturated heterocycles. The summed E-state index contributed by atoms with van der Waals surface area (Å²) in [5.74, 6) is 0.898. The van der Waals surface area contributed by atoms with E-state index in [-0.39, 0.29) is 11.5 Å². The highest BCUT2D eigenvalue weighted by Crippen LogP contribution is 2.49. The van der Waals surface area contributed by atoms with Crippen LogP contribution in [0.5, 0.6) is 0 Å². The first-order chi connectivity index (χ1) is 9.65. The fourth-order valence-corrected chi connectivity index (χ4v) is 3.37. The van der Waals surface area contributed by atoms with E-state index in [4.69, 9.17) is 4.74 Å². The molecule has 0 spiro atoms. The molecule has 0 aliphatic heterocycles. The van der Waals surface area contributed by atoms with Gasteiger partial charge in [0.2, 0.25) is 0 Å². The van der Waals surface area contributed by atoms with Gasteiger partial charge in [-0.2, -0.15) is 0 Å². The first-order valence-electron chi connectivity index (χ1n) is 6.44. The van der Waals surface area contributed by atoms with Crippen LogP contribution in [0, 0.1) is 0 Å². The Hall–Kier alpha value is -1.27. The molecule has 0 bridgehead atoms. The van der Waals surface area contributed by atoms with Crippen LogP contribution in [0.3, 0.4) is 0 Å². The summed E-state index contributed by atoms with van der Waals surface area (Å²) in [4.78, 5) is 0. The van der Waals surface area contributed by atoms with E-state index in [0.717, 1.165) is 28.7 Å². The molecule has 3 rings (SSSR count). The van der Waals surface area contributed by atoms with E-state index in [2.05, 4.69) is 38.3 Å². The Labute approximate surface area is 125 Å². The van der Waals surface area contributed by atoms with E-state index in [9.17, 15) is 4.39 Å². The summed E-state index contributed by atoms with van der Waals surface area (Å²) >= 11 is 3.50. The van der Waals surface area contributed by atoms with Gasteiger partial charge in [0.15, 0.2) is 6.86 Å². The van der Waals surface area contributed by atoms with Crippen LogP contribution in [-0.4, -0.2) is 27.7 Å². The van der Waals surface area contributed by atoms with Gasteiger partial charge in [0.1, 0.15) is 12.2 Å². The van der Waals surface area contributed by atoms with Crippen molar-refractivity contribution in [3.63, 3.8) is 0 Å². The molecule has 0 radical (unpaired) electrons. The highest BCUT2D eigenvalue weighted by atomic mass is 79.9. The molecule has 0 unspecified atom stereocenters. The third kappa shape index (κ3) is 2.16. The highest BCUT2D eigenvalue weighted by Gasteiger charge is 2.50. The van der Waals surface area contributed by atoms with Gasteiger partial charge in [-0.1, -0.05) is 28.1 Å². The molecule has 1 fully saturated rings. The summed E-state index contributed by atoms with van der Waals surface area (Å²) in [7, 11) is 1.93. The molecule has 0 atom stereocenters. The summed E-state index contributed by atoms with van der Waals surface area (Å²) < 4.78 is 20.4. The number of aromatic nitrogens is 3. The molecule has 1 aromatic heterocycles.